The molecule has 2 heteroatoms. The molecule has 0 aliphatic heterocycles. The van der Waals surface area contributed by atoms with E-state index >= 15 is 0 Å². The van der Waals surface area contributed by atoms with Crippen LogP contribution in [0.25, 0.3) is 0 Å². The van der Waals surface area contributed by atoms with Gasteiger partial charge in [0.1, 0.15) is 0 Å². The fourth-order valence-corrected chi connectivity index (χ4v) is 0. The maximum atomic E-state index is 2.16. The Morgan fingerprint density at radius 2 is 1.43 bits per heavy atom. The molecule has 7 heavy (non-hydrogen) atoms. The number of halogens is 1. The molecule has 0 saturated carbocycles. The number of hydrogen-bond donors (Lipinski definition) is 0. The average Bonchev–Trinajstić information content (AvgIpc) is 1.38. The Balaban J connectivity index is -0.0000000800. The summed E-state index contributed by atoms with van der Waals surface area (Å²) in [5, 5.41) is 0. The minimum Gasteiger partial charge on any atom is -1.00 e. The topological polar surface area (TPSA) is 0 Å². The van der Waals surface area contributed by atoms with Gasteiger partial charge in [0.05, 0.1) is 0 Å². The summed E-state index contributed by atoms with van der Waals surface area (Å²) in [6.45, 7) is 6.44. The fourth-order valence-electron chi connectivity index (χ4n) is 0. The molecule has 0 radical (unpaired) electrons. The van der Waals surface area contributed by atoms with Crippen molar-refractivity contribution in [3.8, 4) is 0 Å². The van der Waals surface area contributed by atoms with Gasteiger partial charge < -0.3 is 18.3 Å². The monoisotopic (exact) mass is 130 g/mol. The molecule has 0 heterocycles. The van der Waals surface area contributed by atoms with Crippen LogP contribution in [0, 0.1) is 5.92 Å². The quantitative estimate of drug-likeness (QED) is 0.304. The van der Waals surface area contributed by atoms with E-state index in [1.807, 2.05) is 0 Å². The molecule has 0 aliphatic rings. The first-order chi connectivity index (χ1) is 2.27. The molecule has 0 saturated heterocycles. The summed E-state index contributed by atoms with van der Waals surface area (Å²) in [6.07, 6.45) is 1.22. The molecule has 0 amide bonds. The van der Waals surface area contributed by atoms with Gasteiger partial charge in [0, 0.05) is 0 Å². The second-order valence-corrected chi connectivity index (χ2v) is 1.56. The first kappa shape index (κ1) is 15.7. The largest absolute Gasteiger partial charge is 2.00 e. The minimum absolute atomic E-state index is 0. The third-order valence-electron chi connectivity index (χ3n) is 0.707. The van der Waals surface area contributed by atoms with E-state index < -0.39 is 0 Å². The van der Waals surface area contributed by atoms with Crippen molar-refractivity contribution in [2.24, 2.45) is 0 Å². The Morgan fingerprint density at radius 3 is 1.43 bits per heavy atom. The van der Waals surface area contributed by atoms with Crippen molar-refractivity contribution in [3.63, 3.8) is 0 Å². The molecule has 0 fully saturated rings. The van der Waals surface area contributed by atoms with Crippen molar-refractivity contribution in [2.45, 2.75) is 27.2 Å². The average molecular weight is 131 g/mol. The normalized spacial score (nSPS) is 6.86. The molecule has 0 aromatic heterocycles. The van der Waals surface area contributed by atoms with E-state index in [0.29, 0.717) is 0 Å². The zero-order valence-corrected chi connectivity index (χ0v) is 7.46. The third kappa shape index (κ3) is 19.3. The van der Waals surface area contributed by atoms with Gasteiger partial charge in [-0.05, 0) is 0 Å². The van der Waals surface area contributed by atoms with Gasteiger partial charge in [-0.1, -0.05) is 6.92 Å². The van der Waals surface area contributed by atoms with E-state index in [2.05, 4.69) is 20.8 Å². The van der Waals surface area contributed by atoms with Gasteiger partial charge in [0.2, 0.25) is 0 Å². The van der Waals surface area contributed by atoms with Gasteiger partial charge in [0.15, 0.2) is 0 Å². The van der Waals surface area contributed by atoms with Crippen LogP contribution < -0.4 is 12.4 Å². The summed E-state index contributed by atoms with van der Waals surface area (Å²) in [7, 11) is 0. The molecule has 0 rings (SSSR count). The van der Waals surface area contributed by atoms with Crippen molar-refractivity contribution in [1.82, 2.24) is 0 Å². The summed E-state index contributed by atoms with van der Waals surface area (Å²) < 4.78 is 0. The van der Waals surface area contributed by atoms with Crippen LogP contribution in [0.1, 0.15) is 27.2 Å². The molecule has 0 N–H and O–H groups in total. The number of rotatable bonds is 1. The van der Waals surface area contributed by atoms with Gasteiger partial charge in [-0.2, -0.15) is 20.3 Å². The van der Waals surface area contributed by atoms with Gasteiger partial charge >= 0.3 is 23.1 Å². The van der Waals surface area contributed by atoms with Crippen LogP contribution >= 0.6 is 0 Å². The molecule has 0 aliphatic carbocycles. The summed E-state index contributed by atoms with van der Waals surface area (Å²) in [4.78, 5) is 0. The third-order valence-corrected chi connectivity index (χ3v) is 0.707. The number of hydrogen-bond acceptors (Lipinski definition) is 0. The molecular formula is C5H11ClMg. The second kappa shape index (κ2) is 10.1. The van der Waals surface area contributed by atoms with E-state index in [1.165, 1.54) is 12.3 Å². The summed E-state index contributed by atoms with van der Waals surface area (Å²) in [6, 6.07) is 0. The minimum atomic E-state index is 0. The zero-order valence-electron chi connectivity index (χ0n) is 5.29. The van der Waals surface area contributed by atoms with Crippen LogP contribution in [-0.2, 0) is 0 Å². The van der Waals surface area contributed by atoms with E-state index in [-0.39, 0.29) is 35.5 Å². The summed E-state index contributed by atoms with van der Waals surface area (Å²) in [5.74, 6) is 1.50. The van der Waals surface area contributed by atoms with Crippen LogP contribution in [-0.4, -0.2) is 23.1 Å². The smallest absolute Gasteiger partial charge is 1.00 e. The Kier molecular flexibility index (Phi) is 22.7. The van der Waals surface area contributed by atoms with Crippen molar-refractivity contribution in [2.75, 3.05) is 0 Å². The predicted molar refractivity (Wildman–Crippen MR) is 30.6 cm³/mol. The standard InChI is InChI=1S/C5H11.ClH.Mg/c1-4-5(2)3;;/h4H2,1-3H3;1H;/q-1;;+2/p-1. The van der Waals surface area contributed by atoms with Gasteiger partial charge in [-0.15, -0.1) is 0 Å². The van der Waals surface area contributed by atoms with E-state index in [1.54, 1.807) is 0 Å². The molecule has 0 nitrogen and oxygen atoms in total. The summed E-state index contributed by atoms with van der Waals surface area (Å²) >= 11 is 0. The van der Waals surface area contributed by atoms with Crippen LogP contribution in [0.3, 0.4) is 0 Å². The van der Waals surface area contributed by atoms with E-state index in [0.717, 1.165) is 0 Å². The first-order valence-electron chi connectivity index (χ1n) is 2.06. The molecule has 0 aromatic rings. The molecule has 40 valence electrons. The molecule has 0 aromatic carbocycles. The second-order valence-electron chi connectivity index (χ2n) is 1.56. The molecule has 0 bridgehead atoms. The molecule has 0 atom stereocenters. The Bertz CT molecular complexity index is 22.0. The van der Waals surface area contributed by atoms with Gasteiger partial charge in [0.25, 0.3) is 0 Å². The van der Waals surface area contributed by atoms with E-state index in [4.69, 9.17) is 0 Å². The maximum Gasteiger partial charge on any atom is 2.00 e. The molecule has 0 spiro atoms. The van der Waals surface area contributed by atoms with Crippen molar-refractivity contribution in [1.29, 1.82) is 0 Å². The Hall–Kier alpha value is 1.06. The van der Waals surface area contributed by atoms with Gasteiger partial charge in [-0.3, -0.25) is 0 Å². The SMILES string of the molecule is CC[C-](C)C.[Cl-].[Mg+2]. The van der Waals surface area contributed by atoms with Crippen molar-refractivity contribution >= 4 is 23.1 Å². The summed E-state index contributed by atoms with van der Waals surface area (Å²) in [5.41, 5.74) is 0. The Morgan fingerprint density at radius 1 is 1.29 bits per heavy atom. The predicted octanol–water partition coefficient (Wildman–Crippen LogP) is -1.37. The zero-order chi connectivity index (χ0) is 4.28. The van der Waals surface area contributed by atoms with E-state index in [9.17, 15) is 0 Å². The van der Waals surface area contributed by atoms with Crippen LogP contribution in [0.15, 0.2) is 0 Å². The van der Waals surface area contributed by atoms with Crippen LogP contribution in [0.2, 0.25) is 0 Å². The molecule has 0 unspecified atom stereocenters. The van der Waals surface area contributed by atoms with Crippen molar-refractivity contribution in [3.05, 3.63) is 5.92 Å². The van der Waals surface area contributed by atoms with Crippen LogP contribution in [0.4, 0.5) is 0 Å². The maximum absolute atomic E-state index is 2.16. The molecular weight excluding hydrogens is 120 g/mol. The first-order valence-corrected chi connectivity index (χ1v) is 2.06. The Labute approximate surface area is 68.6 Å². The van der Waals surface area contributed by atoms with Crippen LogP contribution in [0.5, 0.6) is 0 Å². The fraction of sp³-hybridized carbons (Fsp3) is 0.800. The van der Waals surface area contributed by atoms with Crippen molar-refractivity contribution < 1.29 is 12.4 Å². The van der Waals surface area contributed by atoms with Gasteiger partial charge in [-0.25, -0.2) is 0 Å².